The lowest BCUT2D eigenvalue weighted by Gasteiger charge is -2.30. The molecule has 6 heteroatoms. The molecular weight excluding hydrogens is 286 g/mol. The van der Waals surface area contributed by atoms with Crippen LogP contribution >= 0.6 is 0 Å². The standard InChI is InChI=1S/C15H19N3O2S/c1-21(19,20)13-4-5-15-14(8-13)16-9-18(15)12-6-10-2-3-11(7-12)17-10/h4-5,8-12,17H,2-3,6-7H2,1H3/t10-,11+,12+. The van der Waals surface area contributed by atoms with E-state index in [4.69, 9.17) is 0 Å². The molecule has 0 unspecified atom stereocenters. The Bertz CT molecular complexity index is 784. The van der Waals surface area contributed by atoms with Crippen LogP contribution in [0, 0.1) is 0 Å². The van der Waals surface area contributed by atoms with Crippen molar-refractivity contribution in [1.29, 1.82) is 0 Å². The van der Waals surface area contributed by atoms with Gasteiger partial charge < -0.3 is 9.88 Å². The predicted octanol–water partition coefficient (Wildman–Crippen LogP) is 1.90. The second-order valence-corrected chi connectivity index (χ2v) is 8.35. The lowest BCUT2D eigenvalue weighted by atomic mass is 9.99. The maximum Gasteiger partial charge on any atom is 0.175 e. The second kappa shape index (κ2) is 4.55. The molecule has 2 aliphatic rings. The maximum absolute atomic E-state index is 11.6. The Morgan fingerprint density at radius 3 is 2.62 bits per heavy atom. The minimum absolute atomic E-state index is 0.339. The van der Waals surface area contributed by atoms with Gasteiger partial charge in [0.2, 0.25) is 0 Å². The molecule has 0 aliphatic carbocycles. The summed E-state index contributed by atoms with van der Waals surface area (Å²) < 4.78 is 25.5. The van der Waals surface area contributed by atoms with Gasteiger partial charge in [-0.25, -0.2) is 13.4 Å². The van der Waals surface area contributed by atoms with E-state index in [0.717, 1.165) is 23.9 Å². The highest BCUT2D eigenvalue weighted by atomic mass is 32.2. The first-order valence-corrected chi connectivity index (χ1v) is 9.32. The highest BCUT2D eigenvalue weighted by molar-refractivity contribution is 7.90. The van der Waals surface area contributed by atoms with E-state index in [2.05, 4.69) is 14.9 Å². The molecule has 0 saturated carbocycles. The molecule has 2 saturated heterocycles. The fourth-order valence-electron chi connectivity index (χ4n) is 3.79. The van der Waals surface area contributed by atoms with Gasteiger partial charge in [0, 0.05) is 24.4 Å². The number of fused-ring (bicyclic) bond motifs is 3. The summed E-state index contributed by atoms with van der Waals surface area (Å²) in [6.07, 6.45) is 7.91. The number of benzene rings is 1. The molecule has 4 rings (SSSR count). The number of imidazole rings is 1. The summed E-state index contributed by atoms with van der Waals surface area (Å²) in [7, 11) is -3.18. The zero-order valence-electron chi connectivity index (χ0n) is 12.0. The Morgan fingerprint density at radius 2 is 1.95 bits per heavy atom. The normalized spacial score (nSPS) is 29.1. The fraction of sp³-hybridized carbons (Fsp3) is 0.533. The van der Waals surface area contributed by atoms with Gasteiger partial charge in [0.25, 0.3) is 0 Å². The first-order valence-electron chi connectivity index (χ1n) is 7.43. The maximum atomic E-state index is 11.6. The van der Waals surface area contributed by atoms with Crippen LogP contribution in [0.2, 0.25) is 0 Å². The van der Waals surface area contributed by atoms with Gasteiger partial charge in [0.1, 0.15) is 0 Å². The average Bonchev–Trinajstić information content (AvgIpc) is 3.00. The molecule has 2 aliphatic heterocycles. The van der Waals surface area contributed by atoms with Gasteiger partial charge in [0.15, 0.2) is 9.84 Å². The predicted molar refractivity (Wildman–Crippen MR) is 81.1 cm³/mol. The first-order chi connectivity index (χ1) is 10.0. The van der Waals surface area contributed by atoms with Crippen molar-refractivity contribution in [1.82, 2.24) is 14.9 Å². The first kappa shape index (κ1) is 13.3. The molecule has 1 aromatic carbocycles. The summed E-state index contributed by atoms with van der Waals surface area (Å²) in [5.74, 6) is 0. The lowest BCUT2D eigenvalue weighted by Crippen LogP contribution is -2.38. The van der Waals surface area contributed by atoms with Crippen LogP contribution in [-0.2, 0) is 9.84 Å². The molecule has 1 N–H and O–H groups in total. The van der Waals surface area contributed by atoms with Crippen LogP contribution in [0.1, 0.15) is 31.7 Å². The van der Waals surface area contributed by atoms with E-state index in [0.29, 0.717) is 23.0 Å². The average molecular weight is 305 g/mol. The molecule has 2 aromatic rings. The summed E-state index contributed by atoms with van der Waals surface area (Å²) >= 11 is 0. The van der Waals surface area contributed by atoms with E-state index in [9.17, 15) is 8.42 Å². The van der Waals surface area contributed by atoms with Crippen LogP contribution in [0.5, 0.6) is 0 Å². The molecule has 3 heterocycles. The summed E-state index contributed by atoms with van der Waals surface area (Å²) in [4.78, 5) is 4.76. The molecule has 21 heavy (non-hydrogen) atoms. The van der Waals surface area contributed by atoms with Crippen molar-refractivity contribution in [2.45, 2.75) is 48.7 Å². The Morgan fingerprint density at radius 1 is 1.24 bits per heavy atom. The van der Waals surface area contributed by atoms with Crippen molar-refractivity contribution in [2.24, 2.45) is 0 Å². The highest BCUT2D eigenvalue weighted by Gasteiger charge is 2.34. The van der Waals surface area contributed by atoms with Crippen LogP contribution in [0.3, 0.4) is 0 Å². The van der Waals surface area contributed by atoms with Crippen LogP contribution in [0.25, 0.3) is 11.0 Å². The number of hydrogen-bond donors (Lipinski definition) is 1. The molecule has 2 bridgehead atoms. The van der Waals surface area contributed by atoms with E-state index >= 15 is 0 Å². The Kier molecular flexibility index (Phi) is 2.87. The van der Waals surface area contributed by atoms with E-state index in [1.165, 1.54) is 19.1 Å². The third kappa shape index (κ3) is 2.26. The SMILES string of the molecule is CS(=O)(=O)c1ccc2c(c1)ncn2[C@H]1C[C@H]2CC[C@@H](C1)N2. The molecule has 1 aromatic heterocycles. The van der Waals surface area contributed by atoms with E-state index in [1.54, 1.807) is 12.1 Å². The van der Waals surface area contributed by atoms with E-state index in [1.807, 2.05) is 12.4 Å². The molecule has 0 amide bonds. The Labute approximate surface area is 124 Å². The number of aromatic nitrogens is 2. The van der Waals surface area contributed by atoms with Gasteiger partial charge in [-0.1, -0.05) is 0 Å². The van der Waals surface area contributed by atoms with Gasteiger partial charge in [-0.05, 0) is 43.9 Å². The van der Waals surface area contributed by atoms with Crippen molar-refractivity contribution < 1.29 is 8.42 Å². The number of piperidine rings is 1. The van der Waals surface area contributed by atoms with Crippen molar-refractivity contribution in [3.05, 3.63) is 24.5 Å². The Hall–Kier alpha value is -1.40. The van der Waals surface area contributed by atoms with Gasteiger partial charge in [-0.2, -0.15) is 0 Å². The monoisotopic (exact) mass is 305 g/mol. The molecule has 3 atom stereocenters. The fourth-order valence-corrected chi connectivity index (χ4v) is 4.43. The molecule has 5 nitrogen and oxygen atoms in total. The number of nitrogens with one attached hydrogen (secondary N) is 1. The van der Waals surface area contributed by atoms with Gasteiger partial charge in [-0.15, -0.1) is 0 Å². The topological polar surface area (TPSA) is 64.0 Å². The summed E-state index contributed by atoms with van der Waals surface area (Å²) in [5.41, 5.74) is 1.80. The zero-order valence-corrected chi connectivity index (χ0v) is 12.8. The van der Waals surface area contributed by atoms with Crippen LogP contribution in [0.4, 0.5) is 0 Å². The lowest BCUT2D eigenvalue weighted by molar-refractivity contribution is 0.303. The molecule has 0 spiro atoms. The zero-order chi connectivity index (χ0) is 14.6. The molecular formula is C15H19N3O2S. The number of hydrogen-bond acceptors (Lipinski definition) is 4. The minimum atomic E-state index is -3.18. The highest BCUT2D eigenvalue weighted by Crippen LogP contribution is 2.35. The number of sulfone groups is 1. The number of rotatable bonds is 2. The summed E-state index contributed by atoms with van der Waals surface area (Å²) in [5, 5.41) is 3.65. The van der Waals surface area contributed by atoms with Crippen molar-refractivity contribution in [2.75, 3.05) is 6.26 Å². The van der Waals surface area contributed by atoms with Crippen LogP contribution in [0.15, 0.2) is 29.4 Å². The van der Waals surface area contributed by atoms with E-state index in [-0.39, 0.29) is 0 Å². The third-order valence-corrected chi connectivity index (χ3v) is 5.93. The quantitative estimate of drug-likeness (QED) is 0.920. The van der Waals surface area contributed by atoms with Crippen molar-refractivity contribution in [3.8, 4) is 0 Å². The van der Waals surface area contributed by atoms with Crippen molar-refractivity contribution >= 4 is 20.9 Å². The Balaban J connectivity index is 1.74. The number of nitrogens with zero attached hydrogens (tertiary/aromatic N) is 2. The van der Waals surface area contributed by atoms with Crippen LogP contribution < -0.4 is 5.32 Å². The molecule has 2 fully saturated rings. The smallest absolute Gasteiger partial charge is 0.175 e. The molecule has 0 radical (unpaired) electrons. The van der Waals surface area contributed by atoms with Gasteiger partial charge in [0.05, 0.1) is 22.3 Å². The summed E-state index contributed by atoms with van der Waals surface area (Å²) in [6, 6.07) is 6.98. The molecule has 112 valence electrons. The summed E-state index contributed by atoms with van der Waals surface area (Å²) in [6.45, 7) is 0. The minimum Gasteiger partial charge on any atom is -0.327 e. The van der Waals surface area contributed by atoms with Crippen LogP contribution in [-0.4, -0.2) is 36.3 Å². The van der Waals surface area contributed by atoms with E-state index < -0.39 is 9.84 Å². The third-order valence-electron chi connectivity index (χ3n) is 4.82. The van der Waals surface area contributed by atoms with Gasteiger partial charge in [-0.3, -0.25) is 0 Å². The van der Waals surface area contributed by atoms with Gasteiger partial charge >= 0.3 is 0 Å². The second-order valence-electron chi connectivity index (χ2n) is 6.34. The largest absolute Gasteiger partial charge is 0.327 e. The van der Waals surface area contributed by atoms with Crippen molar-refractivity contribution in [3.63, 3.8) is 0 Å².